The van der Waals surface area contributed by atoms with Crippen LogP contribution in [0, 0.1) is 0 Å². The predicted octanol–water partition coefficient (Wildman–Crippen LogP) is 6.28. The van der Waals surface area contributed by atoms with Gasteiger partial charge in [-0.1, -0.05) is 54.1 Å². The SMILES string of the molecule is Clc1ccc(COc2ccccc2C=NNc2nc(Nc3ccccc3)nc(N3CCCCC3)n2)cc1. The van der Waals surface area contributed by atoms with E-state index >= 15 is 0 Å². The fourth-order valence-electron chi connectivity index (χ4n) is 3.98. The molecule has 3 aromatic carbocycles. The summed E-state index contributed by atoms with van der Waals surface area (Å²) < 4.78 is 6.03. The molecule has 1 aliphatic heterocycles. The lowest BCUT2D eigenvalue weighted by Gasteiger charge is -2.26. The molecule has 2 N–H and O–H groups in total. The van der Waals surface area contributed by atoms with Gasteiger partial charge in [0, 0.05) is 29.4 Å². The molecule has 188 valence electrons. The molecule has 4 aromatic rings. The average Bonchev–Trinajstić information content (AvgIpc) is 2.94. The van der Waals surface area contributed by atoms with Crippen molar-refractivity contribution in [3.63, 3.8) is 0 Å². The molecule has 8 nitrogen and oxygen atoms in total. The zero-order valence-corrected chi connectivity index (χ0v) is 21.1. The van der Waals surface area contributed by atoms with Crippen molar-refractivity contribution in [1.82, 2.24) is 15.0 Å². The zero-order valence-electron chi connectivity index (χ0n) is 20.3. The van der Waals surface area contributed by atoms with Crippen LogP contribution in [0.4, 0.5) is 23.5 Å². The maximum atomic E-state index is 6.03. The fraction of sp³-hybridized carbons (Fsp3) is 0.214. The molecule has 0 atom stereocenters. The Labute approximate surface area is 221 Å². The number of halogens is 1. The first-order valence-corrected chi connectivity index (χ1v) is 12.7. The van der Waals surface area contributed by atoms with Gasteiger partial charge in [0.15, 0.2) is 0 Å². The van der Waals surface area contributed by atoms with Gasteiger partial charge in [-0.05, 0) is 61.2 Å². The Balaban J connectivity index is 1.31. The molecule has 2 heterocycles. The number of benzene rings is 3. The Morgan fingerprint density at radius 3 is 2.38 bits per heavy atom. The van der Waals surface area contributed by atoms with E-state index in [-0.39, 0.29) is 0 Å². The highest BCUT2D eigenvalue weighted by atomic mass is 35.5. The Morgan fingerprint density at radius 1 is 0.838 bits per heavy atom. The third kappa shape index (κ3) is 6.95. The molecule has 9 heteroatoms. The molecule has 5 rings (SSSR count). The van der Waals surface area contributed by atoms with Gasteiger partial charge in [-0.3, -0.25) is 0 Å². The number of hydrogen-bond donors (Lipinski definition) is 2. The number of nitrogens with zero attached hydrogens (tertiary/aromatic N) is 5. The summed E-state index contributed by atoms with van der Waals surface area (Å²) in [7, 11) is 0. The number of aromatic nitrogens is 3. The van der Waals surface area contributed by atoms with E-state index in [9.17, 15) is 0 Å². The minimum atomic E-state index is 0.366. The predicted molar refractivity (Wildman–Crippen MR) is 149 cm³/mol. The summed E-state index contributed by atoms with van der Waals surface area (Å²) in [6, 6.07) is 25.2. The summed E-state index contributed by atoms with van der Waals surface area (Å²) in [4.78, 5) is 16.0. The van der Waals surface area contributed by atoms with E-state index < -0.39 is 0 Å². The normalized spacial score (nSPS) is 13.5. The summed E-state index contributed by atoms with van der Waals surface area (Å²) in [5.41, 5.74) is 5.74. The summed E-state index contributed by atoms with van der Waals surface area (Å²) in [5.74, 6) is 2.19. The van der Waals surface area contributed by atoms with Crippen LogP contribution in [0.3, 0.4) is 0 Å². The molecular weight excluding hydrogens is 486 g/mol. The molecular formula is C28H28ClN7O. The van der Waals surface area contributed by atoms with E-state index in [1.807, 2.05) is 78.9 Å². The number of anilines is 4. The average molecular weight is 514 g/mol. The maximum absolute atomic E-state index is 6.03. The van der Waals surface area contributed by atoms with E-state index in [1.54, 1.807) is 6.21 Å². The van der Waals surface area contributed by atoms with Crippen LogP contribution in [0.25, 0.3) is 0 Å². The lowest BCUT2D eigenvalue weighted by atomic mass is 10.1. The van der Waals surface area contributed by atoms with Crippen molar-refractivity contribution in [3.05, 3.63) is 95.0 Å². The summed E-state index contributed by atoms with van der Waals surface area (Å²) in [6.07, 6.45) is 5.18. The van der Waals surface area contributed by atoms with Gasteiger partial charge < -0.3 is 15.0 Å². The smallest absolute Gasteiger partial charge is 0.250 e. The van der Waals surface area contributed by atoms with Crippen LogP contribution in [0.15, 0.2) is 84.0 Å². The largest absolute Gasteiger partial charge is 0.488 e. The first-order chi connectivity index (χ1) is 18.2. The monoisotopic (exact) mass is 513 g/mol. The number of piperidine rings is 1. The number of rotatable bonds is 9. The molecule has 0 radical (unpaired) electrons. The molecule has 0 bridgehead atoms. The minimum absolute atomic E-state index is 0.366. The number of para-hydroxylation sites is 2. The second-order valence-electron chi connectivity index (χ2n) is 8.64. The number of nitrogens with one attached hydrogen (secondary N) is 2. The molecule has 0 saturated carbocycles. The summed E-state index contributed by atoms with van der Waals surface area (Å²) >= 11 is 5.98. The van der Waals surface area contributed by atoms with E-state index in [0.29, 0.717) is 29.5 Å². The van der Waals surface area contributed by atoms with E-state index in [0.717, 1.165) is 48.5 Å². The first-order valence-electron chi connectivity index (χ1n) is 12.3. The van der Waals surface area contributed by atoms with Gasteiger partial charge in [0.1, 0.15) is 12.4 Å². The molecule has 37 heavy (non-hydrogen) atoms. The van der Waals surface area contributed by atoms with Crippen molar-refractivity contribution in [2.45, 2.75) is 25.9 Å². The molecule has 0 unspecified atom stereocenters. The Hall–Kier alpha value is -4.17. The maximum Gasteiger partial charge on any atom is 0.250 e. The van der Waals surface area contributed by atoms with Gasteiger partial charge in [0.2, 0.25) is 17.8 Å². The van der Waals surface area contributed by atoms with E-state index in [2.05, 4.69) is 35.7 Å². The van der Waals surface area contributed by atoms with Crippen molar-refractivity contribution >= 4 is 41.3 Å². The molecule has 0 spiro atoms. The van der Waals surface area contributed by atoms with E-state index in [4.69, 9.17) is 16.3 Å². The topological polar surface area (TPSA) is 87.6 Å². The Morgan fingerprint density at radius 2 is 1.57 bits per heavy atom. The zero-order chi connectivity index (χ0) is 25.3. The lowest BCUT2D eigenvalue weighted by Crippen LogP contribution is -2.31. The molecule has 0 amide bonds. The Kier molecular flexibility index (Phi) is 8.07. The minimum Gasteiger partial charge on any atom is -0.488 e. The van der Waals surface area contributed by atoms with Crippen LogP contribution in [0.2, 0.25) is 5.02 Å². The lowest BCUT2D eigenvalue weighted by molar-refractivity contribution is 0.306. The second-order valence-corrected chi connectivity index (χ2v) is 9.08. The third-order valence-corrected chi connectivity index (χ3v) is 6.14. The van der Waals surface area contributed by atoms with Crippen molar-refractivity contribution in [1.29, 1.82) is 0 Å². The van der Waals surface area contributed by atoms with Crippen LogP contribution in [-0.2, 0) is 6.61 Å². The van der Waals surface area contributed by atoms with Crippen LogP contribution < -0.4 is 20.4 Å². The van der Waals surface area contributed by atoms with Crippen molar-refractivity contribution in [3.8, 4) is 5.75 Å². The van der Waals surface area contributed by atoms with Crippen LogP contribution in [0.1, 0.15) is 30.4 Å². The number of hydrogen-bond acceptors (Lipinski definition) is 8. The van der Waals surface area contributed by atoms with Gasteiger partial charge in [0.25, 0.3) is 0 Å². The molecule has 1 saturated heterocycles. The van der Waals surface area contributed by atoms with Crippen molar-refractivity contribution < 1.29 is 4.74 Å². The number of hydrazone groups is 1. The quantitative estimate of drug-likeness (QED) is 0.201. The van der Waals surface area contributed by atoms with Crippen LogP contribution in [0.5, 0.6) is 5.75 Å². The highest BCUT2D eigenvalue weighted by molar-refractivity contribution is 6.30. The molecule has 1 aliphatic rings. The summed E-state index contributed by atoms with van der Waals surface area (Å²) in [6.45, 7) is 2.28. The van der Waals surface area contributed by atoms with Crippen LogP contribution >= 0.6 is 11.6 Å². The van der Waals surface area contributed by atoms with Crippen molar-refractivity contribution in [2.24, 2.45) is 5.10 Å². The number of ether oxygens (including phenoxy) is 1. The van der Waals surface area contributed by atoms with Crippen LogP contribution in [-0.4, -0.2) is 34.3 Å². The molecule has 1 fully saturated rings. The fourth-order valence-corrected chi connectivity index (χ4v) is 4.10. The third-order valence-electron chi connectivity index (χ3n) is 5.89. The van der Waals surface area contributed by atoms with Gasteiger partial charge in [0.05, 0.1) is 6.21 Å². The second kappa shape index (κ2) is 12.2. The standard InChI is InChI=1S/C28H28ClN7O/c29-23-15-13-21(14-16-23)20-37-25-12-6-5-9-22(25)19-30-35-27-32-26(31-24-10-3-1-4-11-24)33-28(34-27)36-17-7-2-8-18-36/h1,3-6,9-16,19H,2,7-8,17-18,20H2,(H2,31,32,33,34,35). The highest BCUT2D eigenvalue weighted by Crippen LogP contribution is 2.22. The van der Waals surface area contributed by atoms with Crippen molar-refractivity contribution in [2.75, 3.05) is 28.7 Å². The van der Waals surface area contributed by atoms with Gasteiger partial charge in [-0.25, -0.2) is 5.43 Å². The van der Waals surface area contributed by atoms with Gasteiger partial charge in [-0.2, -0.15) is 20.1 Å². The first kappa shape index (κ1) is 24.5. The van der Waals surface area contributed by atoms with Gasteiger partial charge >= 0.3 is 0 Å². The van der Waals surface area contributed by atoms with Gasteiger partial charge in [-0.15, -0.1) is 0 Å². The molecule has 1 aromatic heterocycles. The Bertz CT molecular complexity index is 1330. The highest BCUT2D eigenvalue weighted by Gasteiger charge is 2.16. The summed E-state index contributed by atoms with van der Waals surface area (Å²) in [5, 5.41) is 8.37. The van der Waals surface area contributed by atoms with E-state index in [1.165, 1.54) is 6.42 Å². The molecule has 0 aliphatic carbocycles.